The number of cyclic esters (lactones) is 1. The van der Waals surface area contributed by atoms with Crippen molar-refractivity contribution < 1.29 is 14.6 Å². The molecule has 1 aliphatic heterocycles. The zero-order valence-corrected chi connectivity index (χ0v) is 7.06. The molecule has 1 unspecified atom stereocenters. The van der Waals surface area contributed by atoms with Gasteiger partial charge in [-0.2, -0.15) is 0 Å². The molecule has 1 aliphatic rings. The first-order valence-corrected chi connectivity index (χ1v) is 4.76. The second kappa shape index (κ2) is 4.62. The maximum absolute atomic E-state index is 10.8. The maximum atomic E-state index is 10.8. The lowest BCUT2D eigenvalue weighted by Gasteiger charge is -2.02. The highest BCUT2D eigenvalue weighted by Crippen LogP contribution is 2.21. The molecule has 0 N–H and O–H groups in total. The highest BCUT2D eigenvalue weighted by Gasteiger charge is 2.26. The molecule has 1 heterocycles. The molecule has 0 aromatic rings. The van der Waals surface area contributed by atoms with E-state index in [9.17, 15) is 9.90 Å². The van der Waals surface area contributed by atoms with Gasteiger partial charge >= 0.3 is 5.97 Å². The number of carbonyl (C=O) groups excluding carboxylic acids is 1. The van der Waals surface area contributed by atoms with Crippen molar-refractivity contribution in [1.82, 2.24) is 0 Å². The van der Waals surface area contributed by atoms with Crippen LogP contribution in [-0.2, 0) is 14.6 Å². The van der Waals surface area contributed by atoms with E-state index < -0.39 is 0 Å². The number of hydrogen-bond acceptors (Lipinski definition) is 3. The molecule has 1 fully saturated rings. The SMILES string of the molecule is [O]CCCSC1CCOC1=O. The number of esters is 1. The molecule has 0 saturated carbocycles. The molecule has 0 bridgehead atoms. The number of hydrogen-bond donors (Lipinski definition) is 0. The highest BCUT2D eigenvalue weighted by molar-refractivity contribution is 8.00. The van der Waals surface area contributed by atoms with Gasteiger partial charge in [-0.1, -0.05) is 0 Å². The second-order valence-corrected chi connectivity index (χ2v) is 3.68. The summed E-state index contributed by atoms with van der Waals surface area (Å²) in [4.78, 5) is 10.8. The van der Waals surface area contributed by atoms with E-state index in [4.69, 9.17) is 4.74 Å². The average Bonchev–Trinajstić information content (AvgIpc) is 2.37. The Hall–Kier alpha value is -0.220. The molecular formula is C7H11O3S. The lowest BCUT2D eigenvalue weighted by Crippen LogP contribution is -2.10. The Labute approximate surface area is 70.1 Å². The van der Waals surface area contributed by atoms with E-state index in [2.05, 4.69) is 0 Å². The Kier molecular flexibility index (Phi) is 3.72. The highest BCUT2D eigenvalue weighted by atomic mass is 32.2. The zero-order chi connectivity index (χ0) is 8.10. The van der Waals surface area contributed by atoms with Crippen LogP contribution in [0.3, 0.4) is 0 Å². The summed E-state index contributed by atoms with van der Waals surface area (Å²) in [7, 11) is 0. The Balaban J connectivity index is 2.10. The summed E-state index contributed by atoms with van der Waals surface area (Å²) in [6.45, 7) is 0.503. The van der Waals surface area contributed by atoms with Crippen LogP contribution in [0.5, 0.6) is 0 Å². The summed E-state index contributed by atoms with van der Waals surface area (Å²) in [5, 5.41) is 10.1. The van der Waals surface area contributed by atoms with Crippen LogP contribution < -0.4 is 0 Å². The van der Waals surface area contributed by atoms with Gasteiger partial charge in [0.2, 0.25) is 0 Å². The van der Waals surface area contributed by atoms with Crippen LogP contribution in [0.25, 0.3) is 0 Å². The van der Waals surface area contributed by atoms with E-state index in [1.165, 1.54) is 0 Å². The summed E-state index contributed by atoms with van der Waals surface area (Å²) in [5.74, 6) is 0.671. The van der Waals surface area contributed by atoms with Gasteiger partial charge < -0.3 is 4.74 Å². The third-order valence-corrected chi connectivity index (χ3v) is 2.85. The Morgan fingerprint density at radius 2 is 2.45 bits per heavy atom. The molecule has 0 amide bonds. The lowest BCUT2D eigenvalue weighted by molar-refractivity contribution is -0.137. The molecule has 0 aromatic heterocycles. The fourth-order valence-corrected chi connectivity index (χ4v) is 1.95. The monoisotopic (exact) mass is 175 g/mol. The molecule has 4 heteroatoms. The first-order valence-electron chi connectivity index (χ1n) is 3.71. The number of ether oxygens (including phenoxy) is 1. The summed E-state index contributed by atoms with van der Waals surface area (Å²) in [6, 6.07) is 0. The lowest BCUT2D eigenvalue weighted by atomic mass is 10.4. The first-order chi connectivity index (χ1) is 5.34. The van der Waals surface area contributed by atoms with Gasteiger partial charge in [0.15, 0.2) is 0 Å². The van der Waals surface area contributed by atoms with Crippen molar-refractivity contribution in [2.24, 2.45) is 0 Å². The van der Waals surface area contributed by atoms with E-state index >= 15 is 0 Å². The van der Waals surface area contributed by atoms with Crippen LogP contribution in [0, 0.1) is 0 Å². The topological polar surface area (TPSA) is 46.2 Å². The van der Waals surface area contributed by atoms with E-state index in [0.717, 1.165) is 12.2 Å². The predicted octanol–water partition coefficient (Wildman–Crippen LogP) is 0.856. The molecule has 63 valence electrons. The Morgan fingerprint density at radius 1 is 1.64 bits per heavy atom. The second-order valence-electron chi connectivity index (χ2n) is 2.37. The minimum atomic E-state index is -0.110. The van der Waals surface area contributed by atoms with Crippen LogP contribution in [0.4, 0.5) is 0 Å². The predicted molar refractivity (Wildman–Crippen MR) is 42.0 cm³/mol. The number of carbonyl (C=O) groups is 1. The zero-order valence-electron chi connectivity index (χ0n) is 6.25. The molecular weight excluding hydrogens is 164 g/mol. The molecule has 0 spiro atoms. The molecule has 1 radical (unpaired) electrons. The van der Waals surface area contributed by atoms with Crippen LogP contribution in [-0.4, -0.2) is 30.2 Å². The van der Waals surface area contributed by atoms with E-state index in [1.54, 1.807) is 11.8 Å². The smallest absolute Gasteiger partial charge is 0.319 e. The molecule has 1 saturated heterocycles. The maximum Gasteiger partial charge on any atom is 0.319 e. The summed E-state index contributed by atoms with van der Waals surface area (Å²) in [5.41, 5.74) is 0. The molecule has 1 rings (SSSR count). The van der Waals surface area contributed by atoms with Crippen molar-refractivity contribution in [3.8, 4) is 0 Å². The van der Waals surface area contributed by atoms with Crippen molar-refractivity contribution in [3.63, 3.8) is 0 Å². The summed E-state index contributed by atoms with van der Waals surface area (Å²) >= 11 is 1.54. The molecule has 11 heavy (non-hydrogen) atoms. The minimum Gasteiger partial charge on any atom is -0.465 e. The molecule has 1 atom stereocenters. The fraction of sp³-hybridized carbons (Fsp3) is 0.857. The largest absolute Gasteiger partial charge is 0.465 e. The van der Waals surface area contributed by atoms with Gasteiger partial charge in [-0.25, -0.2) is 5.11 Å². The van der Waals surface area contributed by atoms with Gasteiger partial charge in [-0.3, -0.25) is 4.79 Å². The normalized spacial score (nSPS) is 23.7. The van der Waals surface area contributed by atoms with Crippen molar-refractivity contribution in [3.05, 3.63) is 0 Å². The summed E-state index contributed by atoms with van der Waals surface area (Å²) < 4.78 is 4.76. The minimum absolute atomic E-state index is 0.00144. The van der Waals surface area contributed by atoms with Gasteiger partial charge in [0.25, 0.3) is 0 Å². The molecule has 3 nitrogen and oxygen atoms in total. The fourth-order valence-electron chi connectivity index (χ4n) is 0.913. The van der Waals surface area contributed by atoms with E-state index in [0.29, 0.717) is 13.0 Å². The number of rotatable bonds is 4. The van der Waals surface area contributed by atoms with E-state index in [1.807, 2.05) is 0 Å². The Bertz CT molecular complexity index is 138. The standard InChI is InChI=1S/C7H11O3S/c8-3-1-5-11-6-2-4-10-7(6)9/h6H,1-5H2. The van der Waals surface area contributed by atoms with Crippen LogP contribution in [0.2, 0.25) is 0 Å². The van der Waals surface area contributed by atoms with Gasteiger partial charge in [0, 0.05) is 6.42 Å². The first kappa shape index (κ1) is 8.87. The van der Waals surface area contributed by atoms with Gasteiger partial charge in [-0.05, 0) is 12.2 Å². The average molecular weight is 175 g/mol. The van der Waals surface area contributed by atoms with Gasteiger partial charge in [0.05, 0.1) is 13.2 Å². The molecule has 0 aliphatic carbocycles. The van der Waals surface area contributed by atoms with Crippen LogP contribution in [0.1, 0.15) is 12.8 Å². The quantitative estimate of drug-likeness (QED) is 0.470. The summed E-state index contributed by atoms with van der Waals surface area (Å²) in [6.07, 6.45) is 1.46. The van der Waals surface area contributed by atoms with Gasteiger partial charge in [-0.15, -0.1) is 11.8 Å². The van der Waals surface area contributed by atoms with Crippen molar-refractivity contribution in [2.75, 3.05) is 19.0 Å². The molecule has 0 aromatic carbocycles. The third kappa shape index (κ3) is 2.71. The van der Waals surface area contributed by atoms with Crippen molar-refractivity contribution in [1.29, 1.82) is 0 Å². The van der Waals surface area contributed by atoms with Crippen LogP contribution in [0.15, 0.2) is 0 Å². The van der Waals surface area contributed by atoms with Crippen molar-refractivity contribution in [2.45, 2.75) is 18.1 Å². The third-order valence-electron chi connectivity index (χ3n) is 1.49. The van der Waals surface area contributed by atoms with E-state index in [-0.39, 0.29) is 17.8 Å². The Morgan fingerprint density at radius 3 is 3.00 bits per heavy atom. The van der Waals surface area contributed by atoms with Gasteiger partial charge in [0.1, 0.15) is 5.25 Å². The van der Waals surface area contributed by atoms with Crippen LogP contribution >= 0.6 is 11.8 Å². The number of thioether (sulfide) groups is 1. The van der Waals surface area contributed by atoms with Crippen molar-refractivity contribution >= 4 is 17.7 Å².